The van der Waals surface area contributed by atoms with Crippen molar-refractivity contribution in [2.75, 3.05) is 5.32 Å². The van der Waals surface area contributed by atoms with E-state index in [4.69, 9.17) is 27.9 Å². The molecule has 3 nitrogen and oxygen atoms in total. The van der Waals surface area contributed by atoms with Gasteiger partial charge in [-0.3, -0.25) is 0 Å². The number of thiazole rings is 1. The molecule has 0 amide bonds. The molecular weight excluding hydrogens is 351 g/mol. The zero-order valence-corrected chi connectivity index (χ0v) is 14.5. The topological polar surface area (TPSA) is 34.1 Å². The first-order chi connectivity index (χ1) is 11.2. The molecule has 0 aliphatic carbocycles. The Morgan fingerprint density at radius 1 is 1.04 bits per heavy atom. The molecule has 0 aliphatic rings. The fraction of sp³-hybridized carbons (Fsp3) is 0.118. The number of benzene rings is 2. The quantitative estimate of drug-likeness (QED) is 0.614. The van der Waals surface area contributed by atoms with Crippen molar-refractivity contribution in [3.63, 3.8) is 0 Å². The molecule has 0 aliphatic heterocycles. The highest BCUT2D eigenvalue weighted by Crippen LogP contribution is 2.24. The second-order valence-electron chi connectivity index (χ2n) is 4.88. The molecule has 3 rings (SSSR count). The first-order valence-corrected chi connectivity index (χ1v) is 8.63. The van der Waals surface area contributed by atoms with Crippen LogP contribution in [0.25, 0.3) is 0 Å². The lowest BCUT2D eigenvalue weighted by molar-refractivity contribution is 0.306. The minimum absolute atomic E-state index is 0.445. The predicted molar refractivity (Wildman–Crippen MR) is 96.7 cm³/mol. The molecular formula is C17H14Cl2N2OS. The highest BCUT2D eigenvalue weighted by atomic mass is 35.5. The van der Waals surface area contributed by atoms with E-state index in [1.165, 1.54) is 0 Å². The number of anilines is 1. The summed E-state index contributed by atoms with van der Waals surface area (Å²) in [6, 6.07) is 13.5. The third kappa shape index (κ3) is 4.61. The zero-order chi connectivity index (χ0) is 16.1. The fourth-order valence-corrected chi connectivity index (χ4v) is 2.88. The van der Waals surface area contributed by atoms with Crippen LogP contribution < -0.4 is 10.1 Å². The third-order valence-electron chi connectivity index (χ3n) is 3.16. The van der Waals surface area contributed by atoms with Crippen LogP contribution >= 0.6 is 34.5 Å². The van der Waals surface area contributed by atoms with Gasteiger partial charge in [0.1, 0.15) is 12.4 Å². The molecule has 0 unspecified atom stereocenters. The van der Waals surface area contributed by atoms with E-state index in [0.29, 0.717) is 23.2 Å². The molecule has 1 N–H and O–H groups in total. The van der Waals surface area contributed by atoms with Crippen molar-refractivity contribution in [3.8, 4) is 5.75 Å². The summed E-state index contributed by atoms with van der Waals surface area (Å²) in [6.07, 6.45) is 1.78. The van der Waals surface area contributed by atoms with Gasteiger partial charge in [-0.05, 0) is 35.4 Å². The number of hydrogen-bond donors (Lipinski definition) is 1. The number of nitrogens with one attached hydrogen (secondary N) is 1. The van der Waals surface area contributed by atoms with E-state index in [-0.39, 0.29) is 0 Å². The predicted octanol–water partition coefficient (Wildman–Crippen LogP) is 5.64. The van der Waals surface area contributed by atoms with Crippen LogP contribution in [0.3, 0.4) is 0 Å². The maximum absolute atomic E-state index is 6.01. The second-order valence-corrected chi connectivity index (χ2v) is 6.58. The van der Waals surface area contributed by atoms with Crippen molar-refractivity contribution in [3.05, 3.63) is 75.2 Å². The number of hydrogen-bond acceptors (Lipinski definition) is 4. The van der Waals surface area contributed by atoms with Crippen molar-refractivity contribution in [2.24, 2.45) is 0 Å². The summed E-state index contributed by atoms with van der Waals surface area (Å²) in [5.74, 6) is 0.814. The van der Waals surface area contributed by atoms with Crippen molar-refractivity contribution < 1.29 is 4.74 Å². The van der Waals surface area contributed by atoms with Crippen molar-refractivity contribution in [1.29, 1.82) is 0 Å². The van der Waals surface area contributed by atoms with Crippen LogP contribution in [0.1, 0.15) is 11.1 Å². The Hall–Kier alpha value is -1.75. The summed E-state index contributed by atoms with van der Waals surface area (Å²) in [5.41, 5.74) is 2.11. The summed E-state index contributed by atoms with van der Waals surface area (Å²) >= 11 is 13.5. The van der Waals surface area contributed by atoms with E-state index in [0.717, 1.165) is 22.0 Å². The van der Waals surface area contributed by atoms with E-state index in [1.54, 1.807) is 23.6 Å². The van der Waals surface area contributed by atoms with Crippen molar-refractivity contribution in [2.45, 2.75) is 13.2 Å². The van der Waals surface area contributed by atoms with Gasteiger partial charge in [-0.2, -0.15) is 0 Å². The smallest absolute Gasteiger partial charge is 0.182 e. The third-order valence-corrected chi connectivity index (χ3v) is 4.63. The van der Waals surface area contributed by atoms with Crippen LogP contribution in [0.4, 0.5) is 5.13 Å². The Morgan fingerprint density at radius 3 is 2.74 bits per heavy atom. The summed E-state index contributed by atoms with van der Waals surface area (Å²) < 4.78 is 5.82. The Morgan fingerprint density at radius 2 is 1.96 bits per heavy atom. The average molecular weight is 365 g/mol. The number of rotatable bonds is 6. The Labute approximate surface area is 148 Å². The van der Waals surface area contributed by atoms with E-state index in [2.05, 4.69) is 10.3 Å². The van der Waals surface area contributed by atoms with Gasteiger partial charge in [0.25, 0.3) is 0 Å². The molecule has 23 heavy (non-hydrogen) atoms. The van der Waals surface area contributed by atoms with E-state index in [1.807, 2.05) is 41.8 Å². The molecule has 0 saturated carbocycles. The van der Waals surface area contributed by atoms with E-state index < -0.39 is 0 Å². The van der Waals surface area contributed by atoms with Crippen LogP contribution in [-0.4, -0.2) is 4.98 Å². The number of nitrogens with zero attached hydrogens (tertiary/aromatic N) is 1. The molecule has 1 aromatic heterocycles. The molecule has 6 heteroatoms. The van der Waals surface area contributed by atoms with E-state index in [9.17, 15) is 0 Å². The largest absolute Gasteiger partial charge is 0.489 e. The van der Waals surface area contributed by atoms with Gasteiger partial charge in [-0.25, -0.2) is 4.98 Å². The molecule has 0 bridgehead atoms. The molecule has 0 fully saturated rings. The Kier molecular flexibility index (Phi) is 5.39. The molecule has 1 heterocycles. The molecule has 3 aromatic rings. The Balaban J connectivity index is 1.59. The van der Waals surface area contributed by atoms with Gasteiger partial charge < -0.3 is 10.1 Å². The highest BCUT2D eigenvalue weighted by Gasteiger charge is 2.02. The van der Waals surface area contributed by atoms with Crippen LogP contribution in [0.5, 0.6) is 5.75 Å². The maximum atomic E-state index is 6.01. The molecule has 118 valence electrons. The van der Waals surface area contributed by atoms with Crippen LogP contribution in [0.15, 0.2) is 54.0 Å². The van der Waals surface area contributed by atoms with Gasteiger partial charge in [0.05, 0.1) is 10.0 Å². The molecule has 2 aromatic carbocycles. The molecule has 0 radical (unpaired) electrons. The number of aromatic nitrogens is 1. The lowest BCUT2D eigenvalue weighted by Crippen LogP contribution is -2.00. The summed E-state index contributed by atoms with van der Waals surface area (Å²) in [6.45, 7) is 1.15. The maximum Gasteiger partial charge on any atom is 0.182 e. The lowest BCUT2D eigenvalue weighted by Gasteiger charge is -2.09. The molecule has 0 saturated heterocycles. The summed E-state index contributed by atoms with van der Waals surface area (Å²) in [7, 11) is 0. The highest BCUT2D eigenvalue weighted by molar-refractivity contribution is 7.13. The molecule has 0 spiro atoms. The van der Waals surface area contributed by atoms with Crippen LogP contribution in [0.2, 0.25) is 10.0 Å². The van der Waals surface area contributed by atoms with Gasteiger partial charge in [0, 0.05) is 18.1 Å². The monoisotopic (exact) mass is 364 g/mol. The second kappa shape index (κ2) is 7.68. The minimum Gasteiger partial charge on any atom is -0.489 e. The normalized spacial score (nSPS) is 10.5. The van der Waals surface area contributed by atoms with Crippen LogP contribution in [0, 0.1) is 0 Å². The van der Waals surface area contributed by atoms with Gasteiger partial charge in [0.2, 0.25) is 0 Å². The zero-order valence-electron chi connectivity index (χ0n) is 12.1. The Bertz CT molecular complexity index is 778. The van der Waals surface area contributed by atoms with Gasteiger partial charge in [0.15, 0.2) is 5.13 Å². The van der Waals surface area contributed by atoms with Gasteiger partial charge in [-0.1, -0.05) is 41.4 Å². The summed E-state index contributed by atoms with van der Waals surface area (Å²) in [4.78, 5) is 4.20. The number of ether oxygens (including phenoxy) is 1. The average Bonchev–Trinajstić information content (AvgIpc) is 3.08. The van der Waals surface area contributed by atoms with E-state index >= 15 is 0 Å². The SMILES string of the molecule is Clc1ccc(COc2cccc(CNc3nccs3)c2)cc1Cl. The molecule has 0 atom stereocenters. The first kappa shape index (κ1) is 16.1. The van der Waals surface area contributed by atoms with Gasteiger partial charge in [-0.15, -0.1) is 11.3 Å². The van der Waals surface area contributed by atoms with Crippen LogP contribution in [-0.2, 0) is 13.2 Å². The fourth-order valence-electron chi connectivity index (χ4n) is 2.03. The number of halogens is 2. The standard InChI is InChI=1S/C17H14Cl2N2OS/c18-15-5-4-13(9-16(15)19)11-22-14-3-1-2-12(8-14)10-21-17-20-6-7-23-17/h1-9H,10-11H2,(H,20,21). The van der Waals surface area contributed by atoms with Gasteiger partial charge >= 0.3 is 0 Å². The lowest BCUT2D eigenvalue weighted by atomic mass is 10.2. The minimum atomic E-state index is 0.445. The first-order valence-electron chi connectivity index (χ1n) is 7.00. The van der Waals surface area contributed by atoms with Crippen molar-refractivity contribution in [1.82, 2.24) is 4.98 Å². The summed E-state index contributed by atoms with van der Waals surface area (Å²) in [5, 5.41) is 7.21. The van der Waals surface area contributed by atoms with Crippen molar-refractivity contribution >= 4 is 39.7 Å².